The predicted octanol–water partition coefficient (Wildman–Crippen LogP) is 1.03. The van der Waals surface area contributed by atoms with Gasteiger partial charge in [0.15, 0.2) is 0 Å². The zero-order valence-corrected chi connectivity index (χ0v) is 14.9. The molecule has 2 rings (SSSR count). The van der Waals surface area contributed by atoms with E-state index in [2.05, 4.69) is 4.74 Å². The number of rotatable bonds is 6. The minimum atomic E-state index is -1.01. The molecule has 0 aromatic heterocycles. The van der Waals surface area contributed by atoms with Crippen LogP contribution >= 0.6 is 12.4 Å². The first-order valence-electron chi connectivity index (χ1n) is 7.86. The predicted molar refractivity (Wildman–Crippen MR) is 92.8 cm³/mol. The van der Waals surface area contributed by atoms with Gasteiger partial charge in [-0.15, -0.1) is 12.4 Å². The third-order valence-corrected chi connectivity index (χ3v) is 3.96. The molecule has 1 fully saturated rings. The Kier molecular flexibility index (Phi) is 8.37. The maximum Gasteiger partial charge on any atom is 0.329 e. The van der Waals surface area contributed by atoms with Gasteiger partial charge < -0.3 is 20.1 Å². The molecule has 1 aliphatic rings. The molecule has 0 saturated carbocycles. The molecule has 7 nitrogen and oxygen atoms in total. The number of nitrogens with two attached hydrogens (primary N) is 1. The highest BCUT2D eigenvalue weighted by Gasteiger charge is 2.37. The van der Waals surface area contributed by atoms with Crippen LogP contribution in [0.5, 0.6) is 0 Å². The van der Waals surface area contributed by atoms with Gasteiger partial charge in [-0.1, -0.05) is 30.3 Å². The number of ether oxygens (including phenoxy) is 2. The Morgan fingerprint density at radius 3 is 2.60 bits per heavy atom. The van der Waals surface area contributed by atoms with Gasteiger partial charge in [-0.25, -0.2) is 4.79 Å². The molecule has 8 heteroatoms. The lowest BCUT2D eigenvalue weighted by molar-refractivity contribution is -0.155. The Labute approximate surface area is 152 Å². The van der Waals surface area contributed by atoms with Crippen molar-refractivity contribution in [2.75, 3.05) is 13.7 Å². The van der Waals surface area contributed by atoms with E-state index >= 15 is 0 Å². The van der Waals surface area contributed by atoms with Crippen LogP contribution in [0.1, 0.15) is 24.8 Å². The molecule has 138 valence electrons. The van der Waals surface area contributed by atoms with Crippen LogP contribution in [-0.4, -0.2) is 48.5 Å². The topological polar surface area (TPSA) is 98.9 Å². The van der Waals surface area contributed by atoms with E-state index in [1.54, 1.807) is 0 Å². The highest BCUT2D eigenvalue weighted by molar-refractivity contribution is 5.90. The Morgan fingerprint density at radius 2 is 1.96 bits per heavy atom. The summed E-state index contributed by atoms with van der Waals surface area (Å²) < 4.78 is 9.82. The average molecular weight is 371 g/mol. The standard InChI is InChI=1S/C17H22N2O5.ClH/c1-23-15(20)10-13(18)16(21)19-9-5-8-14(19)17(22)24-11-12-6-3-2-4-7-12;/h2-4,6-7,13-14H,5,8-11,18H2,1H3;1H/t13-,14-;/m0./s1. The van der Waals surface area contributed by atoms with Gasteiger partial charge in [0, 0.05) is 6.54 Å². The average Bonchev–Trinajstić information content (AvgIpc) is 3.09. The second kappa shape index (κ2) is 10.0. The van der Waals surface area contributed by atoms with Gasteiger partial charge in [0.2, 0.25) is 5.91 Å². The summed E-state index contributed by atoms with van der Waals surface area (Å²) in [5.74, 6) is -1.44. The SMILES string of the molecule is COC(=O)C[C@H](N)C(=O)N1CCC[C@H]1C(=O)OCc1ccccc1.Cl. The van der Waals surface area contributed by atoms with Crippen LogP contribution in [-0.2, 0) is 30.5 Å². The van der Waals surface area contributed by atoms with Crippen LogP contribution in [0.3, 0.4) is 0 Å². The molecule has 1 aromatic rings. The molecule has 0 unspecified atom stereocenters. The fraction of sp³-hybridized carbons (Fsp3) is 0.471. The van der Waals surface area contributed by atoms with E-state index in [4.69, 9.17) is 10.5 Å². The van der Waals surface area contributed by atoms with E-state index in [1.807, 2.05) is 30.3 Å². The maximum atomic E-state index is 12.4. The summed E-state index contributed by atoms with van der Waals surface area (Å²) >= 11 is 0. The van der Waals surface area contributed by atoms with Crippen LogP contribution in [0.4, 0.5) is 0 Å². The molecule has 0 radical (unpaired) electrons. The van der Waals surface area contributed by atoms with Crippen LogP contribution in [0, 0.1) is 0 Å². The molecule has 0 aliphatic carbocycles. The zero-order valence-electron chi connectivity index (χ0n) is 14.1. The summed E-state index contributed by atoms with van der Waals surface area (Å²) in [4.78, 5) is 37.3. The van der Waals surface area contributed by atoms with Crippen molar-refractivity contribution in [3.05, 3.63) is 35.9 Å². The van der Waals surface area contributed by atoms with Gasteiger partial charge in [-0.3, -0.25) is 9.59 Å². The summed E-state index contributed by atoms with van der Waals surface area (Å²) in [5, 5.41) is 0. The van der Waals surface area contributed by atoms with E-state index in [1.165, 1.54) is 12.0 Å². The number of benzene rings is 1. The fourth-order valence-corrected chi connectivity index (χ4v) is 2.66. The van der Waals surface area contributed by atoms with Crippen molar-refractivity contribution in [3.63, 3.8) is 0 Å². The van der Waals surface area contributed by atoms with Gasteiger partial charge in [-0.2, -0.15) is 0 Å². The first-order chi connectivity index (χ1) is 11.5. The Bertz CT molecular complexity index is 596. The molecular weight excluding hydrogens is 348 g/mol. The zero-order chi connectivity index (χ0) is 17.5. The molecule has 0 bridgehead atoms. The van der Waals surface area contributed by atoms with Crippen molar-refractivity contribution in [1.29, 1.82) is 0 Å². The summed E-state index contributed by atoms with van der Waals surface area (Å²) in [6.45, 7) is 0.589. The minimum absolute atomic E-state index is 0. The number of methoxy groups -OCH3 is 1. The molecule has 1 aromatic carbocycles. The lowest BCUT2D eigenvalue weighted by Crippen LogP contribution is -2.49. The van der Waals surface area contributed by atoms with Crippen molar-refractivity contribution in [2.45, 2.75) is 38.0 Å². The minimum Gasteiger partial charge on any atom is -0.469 e. The Balaban J connectivity index is 0.00000312. The molecule has 1 heterocycles. The van der Waals surface area contributed by atoms with Gasteiger partial charge in [0.05, 0.1) is 19.6 Å². The summed E-state index contributed by atoms with van der Waals surface area (Å²) in [5.41, 5.74) is 6.64. The quantitative estimate of drug-likeness (QED) is 0.751. The summed E-state index contributed by atoms with van der Waals surface area (Å²) in [6.07, 6.45) is 1.02. The second-order valence-corrected chi connectivity index (χ2v) is 5.67. The van der Waals surface area contributed by atoms with E-state index in [-0.39, 0.29) is 25.4 Å². The highest BCUT2D eigenvalue weighted by Crippen LogP contribution is 2.20. The van der Waals surface area contributed by atoms with E-state index in [9.17, 15) is 14.4 Å². The second-order valence-electron chi connectivity index (χ2n) is 5.67. The molecule has 1 amide bonds. The number of nitrogens with zero attached hydrogens (tertiary/aromatic N) is 1. The first-order valence-corrected chi connectivity index (χ1v) is 7.86. The van der Waals surface area contributed by atoms with Gasteiger partial charge >= 0.3 is 11.9 Å². The van der Waals surface area contributed by atoms with Crippen molar-refractivity contribution in [1.82, 2.24) is 4.90 Å². The number of likely N-dealkylation sites (tertiary alicyclic amines) is 1. The highest BCUT2D eigenvalue weighted by atomic mass is 35.5. The number of amides is 1. The third-order valence-electron chi connectivity index (χ3n) is 3.96. The molecule has 0 spiro atoms. The van der Waals surface area contributed by atoms with Crippen LogP contribution < -0.4 is 5.73 Å². The molecule has 2 N–H and O–H groups in total. The van der Waals surface area contributed by atoms with Gasteiger partial charge in [0.25, 0.3) is 0 Å². The fourth-order valence-electron chi connectivity index (χ4n) is 2.66. The van der Waals surface area contributed by atoms with Crippen LogP contribution in [0.15, 0.2) is 30.3 Å². The normalized spacial score (nSPS) is 17.4. The summed E-state index contributed by atoms with van der Waals surface area (Å²) in [7, 11) is 1.24. The molecule has 2 atom stereocenters. The molecule has 1 aliphatic heterocycles. The smallest absolute Gasteiger partial charge is 0.329 e. The van der Waals surface area contributed by atoms with Gasteiger partial charge in [-0.05, 0) is 18.4 Å². The number of hydrogen-bond acceptors (Lipinski definition) is 6. The molecule has 25 heavy (non-hydrogen) atoms. The van der Waals surface area contributed by atoms with Crippen molar-refractivity contribution in [3.8, 4) is 0 Å². The third kappa shape index (κ3) is 5.72. The van der Waals surface area contributed by atoms with Crippen LogP contribution in [0.25, 0.3) is 0 Å². The Hall–Kier alpha value is -2.12. The number of hydrogen-bond donors (Lipinski definition) is 1. The number of esters is 2. The largest absolute Gasteiger partial charge is 0.469 e. The number of carbonyl (C=O) groups excluding carboxylic acids is 3. The first kappa shape index (κ1) is 20.9. The lowest BCUT2D eigenvalue weighted by Gasteiger charge is -2.25. The maximum absolute atomic E-state index is 12.4. The number of halogens is 1. The van der Waals surface area contributed by atoms with Crippen molar-refractivity contribution in [2.24, 2.45) is 5.73 Å². The van der Waals surface area contributed by atoms with Crippen LogP contribution in [0.2, 0.25) is 0 Å². The van der Waals surface area contributed by atoms with Crippen molar-refractivity contribution < 1.29 is 23.9 Å². The summed E-state index contributed by atoms with van der Waals surface area (Å²) in [6, 6.07) is 7.66. The molecule has 1 saturated heterocycles. The van der Waals surface area contributed by atoms with Crippen molar-refractivity contribution >= 4 is 30.3 Å². The number of carbonyl (C=O) groups is 3. The monoisotopic (exact) mass is 370 g/mol. The van der Waals surface area contributed by atoms with E-state index < -0.39 is 29.9 Å². The Morgan fingerprint density at radius 1 is 1.28 bits per heavy atom. The van der Waals surface area contributed by atoms with Gasteiger partial charge in [0.1, 0.15) is 12.6 Å². The molecular formula is C17H23ClN2O5. The van der Waals surface area contributed by atoms with E-state index in [0.29, 0.717) is 19.4 Å². The van der Waals surface area contributed by atoms with E-state index in [0.717, 1.165) is 5.56 Å². The lowest BCUT2D eigenvalue weighted by atomic mass is 10.1.